The van der Waals surface area contributed by atoms with Crippen LogP contribution in [0, 0.1) is 0 Å². The molecule has 1 N–H and O–H groups in total. The van der Waals surface area contributed by atoms with Gasteiger partial charge in [-0.15, -0.1) is 0 Å². The molecule has 1 aliphatic heterocycles. The van der Waals surface area contributed by atoms with E-state index in [1.54, 1.807) is 6.20 Å². The lowest BCUT2D eigenvalue weighted by atomic mass is 10.1. The van der Waals surface area contributed by atoms with Crippen LogP contribution in [0.3, 0.4) is 0 Å². The van der Waals surface area contributed by atoms with Crippen LogP contribution in [0.15, 0.2) is 42.7 Å². The summed E-state index contributed by atoms with van der Waals surface area (Å²) in [5.74, 6) is -0.749. The number of carboxylic acids is 1. The molecule has 1 aliphatic rings. The summed E-state index contributed by atoms with van der Waals surface area (Å²) in [5, 5.41) is 13.5. The smallest absolute Gasteiger partial charge is 0.322 e. The largest absolute Gasteiger partial charge is 0.480 e. The Morgan fingerprint density at radius 2 is 2.09 bits per heavy atom. The first-order valence-electron chi connectivity index (χ1n) is 7.38. The molecule has 1 atom stereocenters. The molecule has 0 spiro atoms. The molecule has 6 nitrogen and oxygen atoms in total. The van der Waals surface area contributed by atoms with Gasteiger partial charge in [0.2, 0.25) is 0 Å². The van der Waals surface area contributed by atoms with Crippen LogP contribution in [0.5, 0.6) is 0 Å². The van der Waals surface area contributed by atoms with Crippen LogP contribution in [0.25, 0.3) is 5.69 Å². The maximum atomic E-state index is 11.3. The molecule has 1 unspecified atom stereocenters. The molecule has 0 amide bonds. The third kappa shape index (κ3) is 3.18. The average molecular weight is 300 g/mol. The Morgan fingerprint density at radius 3 is 2.73 bits per heavy atom. The second-order valence-corrected chi connectivity index (χ2v) is 5.69. The predicted octanol–water partition coefficient (Wildman–Crippen LogP) is 1.07. The molecule has 1 aromatic heterocycles. The quantitative estimate of drug-likeness (QED) is 0.915. The van der Waals surface area contributed by atoms with Gasteiger partial charge in [0.25, 0.3) is 0 Å². The SMILES string of the molecule is CN1CCN(Cc2ccc(-n3cccn3)cc2)CC1C(=O)O. The molecule has 116 valence electrons. The molecule has 0 radical (unpaired) electrons. The Bertz CT molecular complexity index is 624. The first kappa shape index (κ1) is 14.7. The zero-order valence-corrected chi connectivity index (χ0v) is 12.6. The Labute approximate surface area is 129 Å². The maximum absolute atomic E-state index is 11.3. The van der Waals surface area contributed by atoms with Crippen LogP contribution >= 0.6 is 0 Å². The highest BCUT2D eigenvalue weighted by Crippen LogP contribution is 2.14. The van der Waals surface area contributed by atoms with E-state index in [9.17, 15) is 9.90 Å². The van der Waals surface area contributed by atoms with Crippen molar-refractivity contribution in [2.24, 2.45) is 0 Å². The standard InChI is InChI=1S/C16H20N4O2/c1-18-9-10-19(12-15(18)16(21)22)11-13-3-5-14(6-4-13)20-8-2-7-17-20/h2-8,15H,9-12H2,1H3,(H,21,22). The van der Waals surface area contributed by atoms with Crippen molar-refractivity contribution in [2.75, 3.05) is 26.7 Å². The zero-order chi connectivity index (χ0) is 15.5. The summed E-state index contributed by atoms with van der Waals surface area (Å²) in [6.07, 6.45) is 3.66. The lowest BCUT2D eigenvalue weighted by Gasteiger charge is -2.37. The molecule has 3 rings (SSSR count). The number of piperazine rings is 1. The molecule has 22 heavy (non-hydrogen) atoms. The Morgan fingerprint density at radius 1 is 1.32 bits per heavy atom. The number of hydrogen-bond acceptors (Lipinski definition) is 4. The van der Waals surface area contributed by atoms with E-state index < -0.39 is 12.0 Å². The number of likely N-dealkylation sites (N-methyl/N-ethyl adjacent to an activating group) is 1. The minimum atomic E-state index is -0.749. The molecule has 1 aromatic carbocycles. The molecule has 1 fully saturated rings. The van der Waals surface area contributed by atoms with E-state index in [4.69, 9.17) is 0 Å². The van der Waals surface area contributed by atoms with Gasteiger partial charge in [0.1, 0.15) is 6.04 Å². The Hall–Kier alpha value is -2.18. The summed E-state index contributed by atoms with van der Waals surface area (Å²) < 4.78 is 1.82. The van der Waals surface area contributed by atoms with Crippen LogP contribution in [-0.4, -0.2) is 63.4 Å². The van der Waals surface area contributed by atoms with Crippen LogP contribution in [0.4, 0.5) is 0 Å². The summed E-state index contributed by atoms with van der Waals surface area (Å²) in [6, 6.07) is 9.69. The van der Waals surface area contributed by atoms with E-state index in [1.165, 1.54) is 5.56 Å². The lowest BCUT2D eigenvalue weighted by Crippen LogP contribution is -2.54. The number of rotatable bonds is 4. The number of carbonyl (C=O) groups is 1. The minimum absolute atomic E-state index is 0.419. The van der Waals surface area contributed by atoms with Crippen molar-refractivity contribution in [3.8, 4) is 5.69 Å². The molecule has 6 heteroatoms. The third-order valence-electron chi connectivity index (χ3n) is 4.13. The molecule has 2 heterocycles. The number of nitrogens with zero attached hydrogens (tertiary/aromatic N) is 4. The summed E-state index contributed by atoms with van der Waals surface area (Å²) in [4.78, 5) is 15.4. The van der Waals surface area contributed by atoms with Gasteiger partial charge in [-0.3, -0.25) is 14.6 Å². The molecule has 0 bridgehead atoms. The fraction of sp³-hybridized carbons (Fsp3) is 0.375. The van der Waals surface area contributed by atoms with Gasteiger partial charge in [-0.05, 0) is 30.8 Å². The average Bonchev–Trinajstić information content (AvgIpc) is 3.04. The second-order valence-electron chi connectivity index (χ2n) is 5.69. The molecular formula is C16H20N4O2. The Kier molecular flexibility index (Phi) is 4.22. The van der Waals surface area contributed by atoms with Gasteiger partial charge >= 0.3 is 5.97 Å². The van der Waals surface area contributed by atoms with E-state index in [2.05, 4.69) is 22.1 Å². The van der Waals surface area contributed by atoms with E-state index in [1.807, 2.05) is 41.0 Å². The van der Waals surface area contributed by atoms with Crippen LogP contribution < -0.4 is 0 Å². The Balaban J connectivity index is 1.65. The molecule has 2 aromatic rings. The highest BCUT2D eigenvalue weighted by atomic mass is 16.4. The summed E-state index contributed by atoms with van der Waals surface area (Å²) in [6.45, 7) is 3.01. The van der Waals surface area contributed by atoms with E-state index >= 15 is 0 Å². The summed E-state index contributed by atoms with van der Waals surface area (Å²) in [5.41, 5.74) is 2.21. The van der Waals surface area contributed by atoms with E-state index in [-0.39, 0.29) is 0 Å². The molecule has 0 aliphatic carbocycles. The van der Waals surface area contributed by atoms with Gasteiger partial charge in [-0.25, -0.2) is 4.68 Å². The first-order valence-corrected chi connectivity index (χ1v) is 7.38. The molecular weight excluding hydrogens is 280 g/mol. The normalized spacial score (nSPS) is 20.1. The van der Waals surface area contributed by atoms with Gasteiger partial charge in [-0.2, -0.15) is 5.10 Å². The van der Waals surface area contributed by atoms with E-state index in [0.717, 1.165) is 25.3 Å². The van der Waals surface area contributed by atoms with Crippen molar-refractivity contribution in [1.82, 2.24) is 19.6 Å². The number of hydrogen-bond donors (Lipinski definition) is 1. The topological polar surface area (TPSA) is 61.6 Å². The number of carboxylic acid groups (broad SMARTS) is 1. The maximum Gasteiger partial charge on any atom is 0.322 e. The molecule has 0 saturated carbocycles. The van der Waals surface area contributed by atoms with Gasteiger partial charge in [0, 0.05) is 38.6 Å². The van der Waals surface area contributed by atoms with Gasteiger partial charge < -0.3 is 5.11 Å². The van der Waals surface area contributed by atoms with Crippen molar-refractivity contribution in [1.29, 1.82) is 0 Å². The van der Waals surface area contributed by atoms with Gasteiger partial charge in [0.15, 0.2) is 0 Å². The third-order valence-corrected chi connectivity index (χ3v) is 4.13. The zero-order valence-electron chi connectivity index (χ0n) is 12.6. The van der Waals surface area contributed by atoms with Crippen molar-refractivity contribution >= 4 is 5.97 Å². The highest BCUT2D eigenvalue weighted by Gasteiger charge is 2.29. The van der Waals surface area contributed by atoms with Gasteiger partial charge in [-0.1, -0.05) is 12.1 Å². The van der Waals surface area contributed by atoms with E-state index in [0.29, 0.717) is 6.54 Å². The van der Waals surface area contributed by atoms with Crippen LogP contribution in [0.2, 0.25) is 0 Å². The minimum Gasteiger partial charge on any atom is -0.480 e. The monoisotopic (exact) mass is 300 g/mol. The predicted molar refractivity (Wildman–Crippen MR) is 82.9 cm³/mol. The van der Waals surface area contributed by atoms with Gasteiger partial charge in [0.05, 0.1) is 5.69 Å². The number of benzene rings is 1. The van der Waals surface area contributed by atoms with Crippen LogP contribution in [0.1, 0.15) is 5.56 Å². The lowest BCUT2D eigenvalue weighted by molar-refractivity contribution is -0.145. The van der Waals surface area contributed by atoms with Crippen molar-refractivity contribution in [2.45, 2.75) is 12.6 Å². The summed E-state index contributed by atoms with van der Waals surface area (Å²) >= 11 is 0. The van der Waals surface area contributed by atoms with Crippen molar-refractivity contribution in [3.05, 3.63) is 48.3 Å². The summed E-state index contributed by atoms with van der Waals surface area (Å²) in [7, 11) is 1.87. The fourth-order valence-electron chi connectivity index (χ4n) is 2.77. The number of aromatic nitrogens is 2. The number of aliphatic carboxylic acids is 1. The second kappa shape index (κ2) is 6.29. The first-order chi connectivity index (χ1) is 10.6. The van der Waals surface area contributed by atoms with Crippen LogP contribution in [-0.2, 0) is 11.3 Å². The molecule has 1 saturated heterocycles. The van der Waals surface area contributed by atoms with Crippen molar-refractivity contribution in [3.63, 3.8) is 0 Å². The fourth-order valence-corrected chi connectivity index (χ4v) is 2.77. The highest BCUT2D eigenvalue weighted by molar-refractivity contribution is 5.73. The van der Waals surface area contributed by atoms with Crippen molar-refractivity contribution < 1.29 is 9.90 Å².